The average molecular weight is 109 g/mol. The van der Waals surface area contributed by atoms with Crippen LogP contribution in [-0.2, 0) is 4.79 Å². The summed E-state index contributed by atoms with van der Waals surface area (Å²) < 4.78 is 0. The van der Waals surface area contributed by atoms with Crippen LogP contribution < -0.4 is 5.32 Å². The van der Waals surface area contributed by atoms with Crippen molar-refractivity contribution in [1.82, 2.24) is 5.32 Å². The maximum Gasteiger partial charge on any atom is 0.145 e. The van der Waals surface area contributed by atoms with Crippen molar-refractivity contribution in [1.29, 1.82) is 0 Å². The van der Waals surface area contributed by atoms with Crippen LogP contribution in [0.2, 0.25) is 0 Å². The van der Waals surface area contributed by atoms with E-state index >= 15 is 0 Å². The third-order valence-corrected chi connectivity index (χ3v) is 1.05. The van der Waals surface area contributed by atoms with Crippen LogP contribution in [0.1, 0.15) is 6.42 Å². The fourth-order valence-electron chi connectivity index (χ4n) is 0.617. The number of rotatable bonds is 0. The number of hydrogen-bond acceptors (Lipinski definition) is 2. The van der Waals surface area contributed by atoms with Gasteiger partial charge in [-0.3, -0.25) is 0 Å². The Morgan fingerprint density at radius 3 is 2.88 bits per heavy atom. The molecule has 0 saturated carbocycles. The highest BCUT2D eigenvalue weighted by Gasteiger charge is 1.95. The van der Waals surface area contributed by atoms with Crippen LogP contribution in [0.5, 0.6) is 0 Å². The van der Waals surface area contributed by atoms with Crippen molar-refractivity contribution in [2.75, 3.05) is 6.54 Å². The fourth-order valence-corrected chi connectivity index (χ4v) is 0.617. The van der Waals surface area contributed by atoms with Crippen molar-refractivity contribution in [2.24, 2.45) is 0 Å². The highest BCUT2D eigenvalue weighted by atomic mass is 16.1. The van der Waals surface area contributed by atoms with Crippen molar-refractivity contribution in [2.45, 2.75) is 6.42 Å². The molecule has 1 aliphatic heterocycles. The highest BCUT2D eigenvalue weighted by molar-refractivity contribution is 5.52. The predicted octanol–water partition coefficient (Wildman–Crippen LogP) is 0.251. The molecule has 0 amide bonds. The summed E-state index contributed by atoms with van der Waals surface area (Å²) in [5.74, 6) is 1.81. The molecule has 1 rings (SSSR count). The standard InChI is InChI=1S/C6H7NO/c8-5-6-3-1-2-4-7-6/h1-2,7H,3-4H2. The Kier molecular flexibility index (Phi) is 1.50. The first-order valence-electron chi connectivity index (χ1n) is 2.56. The van der Waals surface area contributed by atoms with Gasteiger partial charge in [0, 0.05) is 13.0 Å². The van der Waals surface area contributed by atoms with Crippen LogP contribution in [0, 0.1) is 0 Å². The van der Waals surface area contributed by atoms with E-state index in [-0.39, 0.29) is 0 Å². The molecule has 0 aromatic heterocycles. The SMILES string of the molecule is O=C=C1CC=CCN1. The second-order valence-electron chi connectivity index (χ2n) is 1.64. The van der Waals surface area contributed by atoms with Gasteiger partial charge in [-0.05, 0) is 0 Å². The monoisotopic (exact) mass is 109 g/mol. The van der Waals surface area contributed by atoms with Gasteiger partial charge in [0.05, 0.1) is 0 Å². The van der Waals surface area contributed by atoms with Crippen LogP contribution in [-0.4, -0.2) is 12.5 Å². The smallest absolute Gasteiger partial charge is 0.145 e. The molecule has 8 heavy (non-hydrogen) atoms. The second-order valence-corrected chi connectivity index (χ2v) is 1.64. The van der Waals surface area contributed by atoms with Gasteiger partial charge in [-0.15, -0.1) is 0 Å². The number of carbonyl (C=O) groups excluding carboxylic acids is 1. The summed E-state index contributed by atoms with van der Waals surface area (Å²) in [6.45, 7) is 0.768. The van der Waals surface area contributed by atoms with E-state index in [0.29, 0.717) is 12.1 Å². The molecular formula is C6H7NO. The largest absolute Gasteiger partial charge is 0.376 e. The van der Waals surface area contributed by atoms with Crippen molar-refractivity contribution in [3.8, 4) is 0 Å². The lowest BCUT2D eigenvalue weighted by molar-refractivity contribution is 0.563. The Morgan fingerprint density at radius 1 is 1.62 bits per heavy atom. The quantitative estimate of drug-likeness (QED) is 0.357. The predicted molar refractivity (Wildman–Crippen MR) is 31.0 cm³/mol. The molecule has 0 aromatic rings. The molecule has 0 bridgehead atoms. The Balaban J connectivity index is 2.63. The Labute approximate surface area is 47.9 Å². The zero-order valence-electron chi connectivity index (χ0n) is 4.48. The third-order valence-electron chi connectivity index (χ3n) is 1.05. The first-order chi connectivity index (χ1) is 3.93. The molecule has 0 fully saturated rings. The van der Waals surface area contributed by atoms with E-state index < -0.39 is 0 Å². The lowest BCUT2D eigenvalue weighted by Gasteiger charge is -2.05. The van der Waals surface area contributed by atoms with Gasteiger partial charge in [-0.25, -0.2) is 4.79 Å². The molecule has 0 aromatic carbocycles. The zero-order valence-corrected chi connectivity index (χ0v) is 4.48. The van der Waals surface area contributed by atoms with Gasteiger partial charge >= 0.3 is 0 Å². The zero-order chi connectivity index (χ0) is 5.82. The van der Waals surface area contributed by atoms with Crippen molar-refractivity contribution in [3.63, 3.8) is 0 Å². The molecule has 1 N–H and O–H groups in total. The minimum absolute atomic E-state index is 0.660. The topological polar surface area (TPSA) is 29.1 Å². The number of allylic oxidation sites excluding steroid dienone is 1. The molecule has 0 spiro atoms. The van der Waals surface area contributed by atoms with E-state index in [1.165, 1.54) is 0 Å². The fraction of sp³-hybridized carbons (Fsp3) is 0.333. The van der Waals surface area contributed by atoms with Crippen molar-refractivity contribution < 1.29 is 4.79 Å². The van der Waals surface area contributed by atoms with Crippen LogP contribution in [0.15, 0.2) is 17.8 Å². The third kappa shape index (κ3) is 0.983. The number of hydrogen-bond donors (Lipinski definition) is 1. The van der Waals surface area contributed by atoms with Crippen molar-refractivity contribution >= 4 is 5.94 Å². The first kappa shape index (κ1) is 5.13. The van der Waals surface area contributed by atoms with E-state index in [2.05, 4.69) is 5.32 Å². The molecule has 0 atom stereocenters. The van der Waals surface area contributed by atoms with Gasteiger partial charge in [0.2, 0.25) is 0 Å². The molecule has 2 nitrogen and oxygen atoms in total. The Bertz CT molecular complexity index is 154. The minimum atomic E-state index is 0.660. The van der Waals surface area contributed by atoms with E-state index in [4.69, 9.17) is 0 Å². The van der Waals surface area contributed by atoms with Crippen LogP contribution in [0.3, 0.4) is 0 Å². The minimum Gasteiger partial charge on any atom is -0.376 e. The summed E-state index contributed by atoms with van der Waals surface area (Å²) in [6, 6.07) is 0. The maximum atomic E-state index is 9.90. The van der Waals surface area contributed by atoms with Gasteiger partial charge in [0.25, 0.3) is 0 Å². The summed E-state index contributed by atoms with van der Waals surface area (Å²) >= 11 is 0. The summed E-state index contributed by atoms with van der Waals surface area (Å²) in [7, 11) is 0. The van der Waals surface area contributed by atoms with E-state index in [1.807, 2.05) is 18.1 Å². The average Bonchev–Trinajstić information content (AvgIpc) is 1.90. The Morgan fingerprint density at radius 2 is 2.50 bits per heavy atom. The molecule has 0 radical (unpaired) electrons. The summed E-state index contributed by atoms with van der Waals surface area (Å²) in [4.78, 5) is 9.90. The highest BCUT2D eigenvalue weighted by Crippen LogP contribution is 1.97. The summed E-state index contributed by atoms with van der Waals surface area (Å²) in [5, 5.41) is 2.88. The molecule has 42 valence electrons. The Hall–Kier alpha value is -1.01. The molecule has 2 heteroatoms. The first-order valence-corrected chi connectivity index (χ1v) is 2.56. The summed E-state index contributed by atoms with van der Waals surface area (Å²) in [5.41, 5.74) is 0.660. The van der Waals surface area contributed by atoms with Gasteiger partial charge in [0.1, 0.15) is 11.6 Å². The van der Waals surface area contributed by atoms with Crippen LogP contribution in [0.4, 0.5) is 0 Å². The van der Waals surface area contributed by atoms with Gasteiger partial charge in [-0.2, -0.15) is 0 Å². The number of nitrogens with one attached hydrogen (secondary N) is 1. The maximum absolute atomic E-state index is 9.90. The molecule has 0 unspecified atom stereocenters. The van der Waals surface area contributed by atoms with Crippen molar-refractivity contribution in [3.05, 3.63) is 17.8 Å². The van der Waals surface area contributed by atoms with Gasteiger partial charge in [0.15, 0.2) is 0 Å². The van der Waals surface area contributed by atoms with Crippen LogP contribution in [0.25, 0.3) is 0 Å². The van der Waals surface area contributed by atoms with E-state index in [9.17, 15) is 4.79 Å². The second kappa shape index (κ2) is 2.34. The molecule has 0 saturated heterocycles. The molecule has 1 aliphatic rings. The normalized spacial score (nSPS) is 17.2. The van der Waals surface area contributed by atoms with Crippen LogP contribution >= 0.6 is 0 Å². The lowest BCUT2D eigenvalue weighted by atomic mass is 10.2. The molecule has 1 heterocycles. The molecule has 0 aliphatic carbocycles. The van der Waals surface area contributed by atoms with Gasteiger partial charge < -0.3 is 5.32 Å². The lowest BCUT2D eigenvalue weighted by Crippen LogP contribution is -2.16. The van der Waals surface area contributed by atoms with E-state index in [0.717, 1.165) is 6.54 Å². The van der Waals surface area contributed by atoms with Gasteiger partial charge in [-0.1, -0.05) is 12.2 Å². The summed E-state index contributed by atoms with van der Waals surface area (Å²) in [6.07, 6.45) is 4.65. The van der Waals surface area contributed by atoms with E-state index in [1.54, 1.807) is 0 Å². The molecular weight excluding hydrogens is 102 g/mol.